The lowest BCUT2D eigenvalue weighted by Gasteiger charge is -2.55. The van der Waals surface area contributed by atoms with Crippen LogP contribution in [-0.2, 0) is 10.4 Å². The smallest absolute Gasteiger partial charge is 0.430 e. The molecule has 0 radical (unpaired) electrons. The molecule has 0 aromatic heterocycles. The zero-order valence-electron chi connectivity index (χ0n) is 23.5. The second kappa shape index (κ2) is 12.1. The summed E-state index contributed by atoms with van der Waals surface area (Å²) in [6.07, 6.45) is -0.337. The molecule has 2 atom stereocenters. The number of carbonyl (C=O) groups excluding carboxylic acids is 2. The number of halogens is 4. The summed E-state index contributed by atoms with van der Waals surface area (Å²) in [5.41, 5.74) is -3.82. The number of likely N-dealkylation sites (tertiary alicyclic amines) is 1. The van der Waals surface area contributed by atoms with E-state index in [-0.39, 0.29) is 30.2 Å². The van der Waals surface area contributed by atoms with Gasteiger partial charge in [0, 0.05) is 32.7 Å². The number of piperidine rings is 1. The topological polar surface area (TPSA) is 79.3 Å². The lowest BCUT2D eigenvalue weighted by atomic mass is 9.54. The van der Waals surface area contributed by atoms with Crippen molar-refractivity contribution in [3.8, 4) is 11.5 Å². The van der Waals surface area contributed by atoms with Crippen molar-refractivity contribution >= 4 is 23.4 Å². The van der Waals surface area contributed by atoms with Crippen LogP contribution in [0.15, 0.2) is 42.5 Å². The van der Waals surface area contributed by atoms with Crippen LogP contribution in [-0.4, -0.2) is 73.8 Å². The van der Waals surface area contributed by atoms with Gasteiger partial charge in [-0.05, 0) is 80.2 Å². The molecule has 2 aromatic rings. The molecular formula is C30H36ClF3N2O5. The Bertz CT molecular complexity index is 1260. The maximum absolute atomic E-state index is 14.2. The molecule has 0 bridgehead atoms. The minimum Gasteiger partial charge on any atom is -0.497 e. The van der Waals surface area contributed by atoms with Crippen LogP contribution >= 0.6 is 11.6 Å². The van der Waals surface area contributed by atoms with Gasteiger partial charge in [-0.1, -0.05) is 23.7 Å². The summed E-state index contributed by atoms with van der Waals surface area (Å²) in [5.74, 6) is -0.445. The Morgan fingerprint density at radius 3 is 2.37 bits per heavy atom. The second-order valence-electron chi connectivity index (χ2n) is 11.2. The Kier molecular flexibility index (Phi) is 9.13. The minimum absolute atomic E-state index is 0.0133. The maximum Gasteiger partial charge on any atom is 0.430 e. The third kappa shape index (κ3) is 6.14. The zero-order valence-corrected chi connectivity index (χ0v) is 24.2. The Balaban J connectivity index is 1.31. The van der Waals surface area contributed by atoms with E-state index >= 15 is 0 Å². The van der Waals surface area contributed by atoms with Gasteiger partial charge in [-0.3, -0.25) is 9.59 Å². The highest BCUT2D eigenvalue weighted by Crippen LogP contribution is 2.56. The molecule has 4 rings (SSSR count). The van der Waals surface area contributed by atoms with Crippen LogP contribution < -0.4 is 9.47 Å². The van der Waals surface area contributed by atoms with Gasteiger partial charge in [-0.2, -0.15) is 13.2 Å². The van der Waals surface area contributed by atoms with Crippen LogP contribution in [0.5, 0.6) is 11.5 Å². The number of hydrogen-bond acceptors (Lipinski definition) is 5. The van der Waals surface area contributed by atoms with Gasteiger partial charge in [0.25, 0.3) is 17.4 Å². The standard InChI is InChI=1S/C30H36ClF3N2O5/c1-35(2)26(37)24-10-9-23(19-25(24)31)41-17-5-7-20-11-12-28(20)13-15-36(16-14-28)27(38)29(39,30(32,33)34)21-6-4-8-22(18-21)40-3/h4,6,8-10,18-20,39H,5,7,11-17H2,1-3H3. The molecule has 1 spiro atoms. The molecule has 2 fully saturated rings. The molecule has 1 saturated heterocycles. The highest BCUT2D eigenvalue weighted by Gasteiger charge is 2.63. The number of amides is 2. The van der Waals surface area contributed by atoms with E-state index in [4.69, 9.17) is 21.1 Å². The Labute approximate surface area is 243 Å². The molecule has 1 heterocycles. The highest BCUT2D eigenvalue weighted by atomic mass is 35.5. The Morgan fingerprint density at radius 2 is 1.80 bits per heavy atom. The van der Waals surface area contributed by atoms with Gasteiger partial charge in [0.15, 0.2) is 0 Å². The van der Waals surface area contributed by atoms with Gasteiger partial charge in [0.05, 0.1) is 24.3 Å². The van der Waals surface area contributed by atoms with E-state index in [1.54, 1.807) is 32.3 Å². The minimum atomic E-state index is -5.20. The van der Waals surface area contributed by atoms with Crippen molar-refractivity contribution in [3.63, 3.8) is 0 Å². The fourth-order valence-electron chi connectivity index (χ4n) is 6.03. The van der Waals surface area contributed by atoms with E-state index in [1.807, 2.05) is 0 Å². The number of aliphatic hydroxyl groups is 1. The molecule has 1 saturated carbocycles. The summed E-state index contributed by atoms with van der Waals surface area (Å²) in [5, 5.41) is 11.1. The predicted octanol–water partition coefficient (Wildman–Crippen LogP) is 5.68. The summed E-state index contributed by atoms with van der Waals surface area (Å²) in [6, 6.07) is 9.90. The molecule has 2 unspecified atom stereocenters. The van der Waals surface area contributed by atoms with Crippen LogP contribution in [0.25, 0.3) is 0 Å². The third-order valence-corrected chi connectivity index (χ3v) is 8.97. The summed E-state index contributed by atoms with van der Waals surface area (Å²) < 4.78 is 53.3. The van der Waals surface area contributed by atoms with E-state index < -0.39 is 23.2 Å². The monoisotopic (exact) mass is 596 g/mol. The fraction of sp³-hybridized carbons (Fsp3) is 0.533. The number of methoxy groups -OCH3 is 1. The normalized spacial score (nSPS) is 19.7. The Hall–Kier alpha value is -2.98. The lowest BCUT2D eigenvalue weighted by molar-refractivity contribution is -0.262. The number of rotatable bonds is 9. The van der Waals surface area contributed by atoms with E-state index in [0.29, 0.717) is 41.7 Å². The van der Waals surface area contributed by atoms with Gasteiger partial charge in [0.2, 0.25) is 0 Å². The number of ether oxygens (including phenoxy) is 2. The number of hydrogen-bond donors (Lipinski definition) is 1. The first kappa shape index (κ1) is 31.0. The number of nitrogens with zero attached hydrogens (tertiary/aromatic N) is 2. The first-order valence-corrected chi connectivity index (χ1v) is 14.1. The molecule has 7 nitrogen and oxygen atoms in total. The van der Waals surface area contributed by atoms with Crippen LogP contribution in [0, 0.1) is 11.3 Å². The molecule has 1 N–H and O–H groups in total. The molecule has 1 aliphatic carbocycles. The third-order valence-electron chi connectivity index (χ3n) is 8.65. The van der Waals surface area contributed by atoms with E-state index in [2.05, 4.69) is 0 Å². The fourth-order valence-corrected chi connectivity index (χ4v) is 6.28. The molecule has 1 aliphatic heterocycles. The zero-order chi connectivity index (χ0) is 30.0. The van der Waals surface area contributed by atoms with Crippen LogP contribution in [0.2, 0.25) is 5.02 Å². The van der Waals surface area contributed by atoms with E-state index in [0.717, 1.165) is 42.7 Å². The quantitative estimate of drug-likeness (QED) is 0.377. The van der Waals surface area contributed by atoms with Crippen molar-refractivity contribution in [2.24, 2.45) is 11.3 Å². The van der Waals surface area contributed by atoms with Crippen molar-refractivity contribution < 1.29 is 37.3 Å². The van der Waals surface area contributed by atoms with E-state index in [1.165, 1.54) is 24.1 Å². The van der Waals surface area contributed by atoms with Crippen LogP contribution in [0.1, 0.15) is 54.4 Å². The molecule has 2 aromatic carbocycles. The summed E-state index contributed by atoms with van der Waals surface area (Å²) in [7, 11) is 4.62. The second-order valence-corrected chi connectivity index (χ2v) is 11.6. The highest BCUT2D eigenvalue weighted by molar-refractivity contribution is 6.34. The van der Waals surface area contributed by atoms with Crippen molar-refractivity contribution in [2.75, 3.05) is 40.9 Å². The summed E-state index contributed by atoms with van der Waals surface area (Å²) >= 11 is 6.26. The molecule has 41 heavy (non-hydrogen) atoms. The SMILES string of the molecule is COc1cccc(C(O)(C(=O)N2CCC3(CCC3CCCOc3ccc(C(=O)N(C)C)c(Cl)c3)CC2)C(F)(F)F)c1. The molecule has 2 aliphatic rings. The predicted molar refractivity (Wildman–Crippen MR) is 148 cm³/mol. The molecule has 2 amide bonds. The van der Waals surface area contributed by atoms with Crippen molar-refractivity contribution in [2.45, 2.75) is 50.3 Å². The molecule has 224 valence electrons. The molecule has 11 heteroatoms. The maximum atomic E-state index is 14.2. The first-order valence-electron chi connectivity index (χ1n) is 13.7. The average molecular weight is 597 g/mol. The van der Waals surface area contributed by atoms with Gasteiger partial charge in [-0.25, -0.2) is 0 Å². The van der Waals surface area contributed by atoms with Crippen LogP contribution in [0.4, 0.5) is 13.2 Å². The lowest BCUT2D eigenvalue weighted by Crippen LogP contribution is -2.59. The number of alkyl halides is 3. The summed E-state index contributed by atoms with van der Waals surface area (Å²) in [6.45, 7) is 0.781. The average Bonchev–Trinajstić information content (AvgIpc) is 2.94. The first-order chi connectivity index (χ1) is 19.3. The van der Waals surface area contributed by atoms with Crippen LogP contribution in [0.3, 0.4) is 0 Å². The number of carbonyl (C=O) groups is 2. The number of benzene rings is 2. The largest absolute Gasteiger partial charge is 0.497 e. The van der Waals surface area contributed by atoms with Crippen molar-refractivity contribution in [1.82, 2.24) is 9.80 Å². The van der Waals surface area contributed by atoms with Gasteiger partial charge < -0.3 is 24.4 Å². The van der Waals surface area contributed by atoms with Gasteiger partial charge in [0.1, 0.15) is 11.5 Å². The summed E-state index contributed by atoms with van der Waals surface area (Å²) in [4.78, 5) is 27.9. The van der Waals surface area contributed by atoms with E-state index in [9.17, 15) is 27.9 Å². The van der Waals surface area contributed by atoms with Crippen molar-refractivity contribution in [1.29, 1.82) is 0 Å². The Morgan fingerprint density at radius 1 is 1.10 bits per heavy atom. The molecular weight excluding hydrogens is 561 g/mol. The van der Waals surface area contributed by atoms with Gasteiger partial charge in [-0.15, -0.1) is 0 Å². The van der Waals surface area contributed by atoms with Crippen molar-refractivity contribution in [3.05, 3.63) is 58.6 Å². The van der Waals surface area contributed by atoms with Gasteiger partial charge >= 0.3 is 6.18 Å².